The highest BCUT2D eigenvalue weighted by Gasteiger charge is 2.14. The molecule has 1 aromatic heterocycles. The first kappa shape index (κ1) is 13.1. The summed E-state index contributed by atoms with van der Waals surface area (Å²) in [4.78, 5) is 15.0. The molecule has 0 bridgehead atoms. The van der Waals surface area contributed by atoms with Crippen molar-refractivity contribution in [3.05, 3.63) is 59.4 Å². The molecule has 1 unspecified atom stereocenters. The first-order chi connectivity index (χ1) is 9.09. The lowest BCUT2D eigenvalue weighted by molar-refractivity contribution is 0.0691. The van der Waals surface area contributed by atoms with Crippen LogP contribution in [0.15, 0.2) is 42.6 Å². The van der Waals surface area contributed by atoms with Gasteiger partial charge in [-0.05, 0) is 37.1 Å². The van der Waals surface area contributed by atoms with E-state index in [1.54, 1.807) is 12.1 Å². The number of hydrogen-bond donors (Lipinski definition) is 2. The molecule has 1 aromatic carbocycles. The maximum absolute atomic E-state index is 11.1. The van der Waals surface area contributed by atoms with E-state index in [1.807, 2.05) is 38.1 Å². The molecule has 0 saturated heterocycles. The van der Waals surface area contributed by atoms with Gasteiger partial charge in [-0.3, -0.25) is 0 Å². The summed E-state index contributed by atoms with van der Waals surface area (Å²) >= 11 is 0. The van der Waals surface area contributed by atoms with Gasteiger partial charge in [-0.1, -0.05) is 24.3 Å². The molecule has 4 heteroatoms. The van der Waals surface area contributed by atoms with Crippen molar-refractivity contribution >= 4 is 11.7 Å². The first-order valence-electron chi connectivity index (χ1n) is 6.10. The summed E-state index contributed by atoms with van der Waals surface area (Å²) in [7, 11) is 0. The van der Waals surface area contributed by atoms with E-state index in [1.165, 1.54) is 11.8 Å². The zero-order chi connectivity index (χ0) is 13.8. The Hall–Kier alpha value is -2.36. The highest BCUT2D eigenvalue weighted by molar-refractivity contribution is 5.91. The van der Waals surface area contributed by atoms with Gasteiger partial charge >= 0.3 is 5.97 Å². The van der Waals surface area contributed by atoms with E-state index in [4.69, 9.17) is 5.11 Å². The Bertz CT molecular complexity index is 596. The lowest BCUT2D eigenvalue weighted by atomic mass is 10.0. The van der Waals surface area contributed by atoms with Gasteiger partial charge in [-0.25, -0.2) is 9.78 Å². The van der Waals surface area contributed by atoms with Crippen molar-refractivity contribution in [3.63, 3.8) is 0 Å². The van der Waals surface area contributed by atoms with Gasteiger partial charge in [0, 0.05) is 12.2 Å². The Kier molecular flexibility index (Phi) is 3.80. The van der Waals surface area contributed by atoms with Crippen LogP contribution >= 0.6 is 0 Å². The van der Waals surface area contributed by atoms with Crippen molar-refractivity contribution in [2.24, 2.45) is 0 Å². The second-order valence-corrected chi connectivity index (χ2v) is 4.43. The van der Waals surface area contributed by atoms with Crippen molar-refractivity contribution < 1.29 is 9.90 Å². The molecule has 0 aliphatic heterocycles. The van der Waals surface area contributed by atoms with Gasteiger partial charge in [0.1, 0.15) is 0 Å². The molecule has 0 amide bonds. The fourth-order valence-corrected chi connectivity index (χ4v) is 2.08. The van der Waals surface area contributed by atoms with E-state index in [0.717, 1.165) is 5.56 Å². The molecule has 1 atom stereocenters. The zero-order valence-corrected chi connectivity index (χ0v) is 10.9. The van der Waals surface area contributed by atoms with E-state index in [0.29, 0.717) is 5.69 Å². The molecule has 2 rings (SSSR count). The van der Waals surface area contributed by atoms with Crippen molar-refractivity contribution in [1.29, 1.82) is 0 Å². The first-order valence-corrected chi connectivity index (χ1v) is 6.10. The minimum atomic E-state index is -1.03. The normalized spacial score (nSPS) is 11.9. The van der Waals surface area contributed by atoms with Crippen LogP contribution in [-0.4, -0.2) is 16.1 Å². The average Bonchev–Trinajstić information content (AvgIpc) is 2.39. The Labute approximate surface area is 112 Å². The number of carboxylic acids is 1. The third-order valence-electron chi connectivity index (χ3n) is 3.04. The summed E-state index contributed by atoms with van der Waals surface area (Å²) in [6, 6.07) is 11.5. The number of anilines is 1. The number of aryl methyl sites for hydroxylation is 1. The maximum atomic E-state index is 11.1. The zero-order valence-electron chi connectivity index (χ0n) is 10.9. The summed E-state index contributed by atoms with van der Waals surface area (Å²) in [5.41, 5.74) is 2.89. The van der Waals surface area contributed by atoms with E-state index in [-0.39, 0.29) is 11.7 Å². The predicted molar refractivity (Wildman–Crippen MR) is 74.4 cm³/mol. The van der Waals surface area contributed by atoms with Gasteiger partial charge in [0.15, 0.2) is 5.69 Å². The summed E-state index contributed by atoms with van der Waals surface area (Å²) in [5, 5.41) is 12.3. The molecule has 1 heterocycles. The number of rotatable bonds is 4. The second kappa shape index (κ2) is 5.52. The van der Waals surface area contributed by atoms with Crippen LogP contribution in [0.3, 0.4) is 0 Å². The fraction of sp³-hybridized carbons (Fsp3) is 0.200. The third-order valence-corrected chi connectivity index (χ3v) is 3.04. The van der Waals surface area contributed by atoms with Gasteiger partial charge in [-0.2, -0.15) is 0 Å². The number of benzene rings is 1. The number of nitrogens with zero attached hydrogens (tertiary/aromatic N) is 1. The molecule has 0 spiro atoms. The highest BCUT2D eigenvalue weighted by Crippen LogP contribution is 2.23. The van der Waals surface area contributed by atoms with Crippen LogP contribution in [0.5, 0.6) is 0 Å². The molecule has 0 fully saturated rings. The van der Waals surface area contributed by atoms with Crippen molar-refractivity contribution in [1.82, 2.24) is 4.98 Å². The van der Waals surface area contributed by atoms with Crippen molar-refractivity contribution in [2.45, 2.75) is 19.9 Å². The predicted octanol–water partition coefficient (Wildman–Crippen LogP) is 3.26. The molecule has 2 N–H and O–H groups in total. The minimum Gasteiger partial charge on any atom is -0.476 e. The molecule has 0 aliphatic carbocycles. The standard InChI is InChI=1S/C15H16N2O2/c1-10-6-3-4-7-12(10)11(2)17-13-8-5-9-16-14(13)15(18)19/h3-9,11,17H,1-2H3,(H,18,19). The van der Waals surface area contributed by atoms with Crippen LogP contribution in [0.2, 0.25) is 0 Å². The number of carboxylic acid groups (broad SMARTS) is 1. The van der Waals surface area contributed by atoms with E-state index in [9.17, 15) is 4.79 Å². The van der Waals surface area contributed by atoms with Gasteiger partial charge in [0.2, 0.25) is 0 Å². The topological polar surface area (TPSA) is 62.2 Å². The van der Waals surface area contributed by atoms with Gasteiger partial charge in [0.05, 0.1) is 5.69 Å². The fourth-order valence-electron chi connectivity index (χ4n) is 2.08. The molecular formula is C15H16N2O2. The molecule has 4 nitrogen and oxygen atoms in total. The van der Waals surface area contributed by atoms with Crippen LogP contribution < -0.4 is 5.32 Å². The number of carbonyl (C=O) groups is 1. The number of pyridine rings is 1. The Morgan fingerprint density at radius 1 is 1.26 bits per heavy atom. The SMILES string of the molecule is Cc1ccccc1C(C)Nc1cccnc1C(=O)O. The van der Waals surface area contributed by atoms with Crippen LogP contribution in [0.1, 0.15) is 34.6 Å². The lowest BCUT2D eigenvalue weighted by Crippen LogP contribution is -2.12. The maximum Gasteiger partial charge on any atom is 0.356 e. The number of aromatic nitrogens is 1. The molecule has 98 valence electrons. The van der Waals surface area contributed by atoms with Crippen LogP contribution in [0.25, 0.3) is 0 Å². The summed E-state index contributed by atoms with van der Waals surface area (Å²) in [6.45, 7) is 4.04. The Balaban J connectivity index is 2.27. The third kappa shape index (κ3) is 2.91. The number of hydrogen-bond acceptors (Lipinski definition) is 3. The Morgan fingerprint density at radius 3 is 2.68 bits per heavy atom. The largest absolute Gasteiger partial charge is 0.476 e. The number of nitrogens with one attached hydrogen (secondary N) is 1. The van der Waals surface area contributed by atoms with E-state index in [2.05, 4.69) is 10.3 Å². The minimum absolute atomic E-state index is 0.0171. The summed E-state index contributed by atoms with van der Waals surface area (Å²) in [6.07, 6.45) is 1.48. The number of aromatic carboxylic acids is 1. The van der Waals surface area contributed by atoms with Crippen molar-refractivity contribution in [3.8, 4) is 0 Å². The Morgan fingerprint density at radius 2 is 2.00 bits per heavy atom. The summed E-state index contributed by atoms with van der Waals surface area (Å²) < 4.78 is 0. The second-order valence-electron chi connectivity index (χ2n) is 4.43. The van der Waals surface area contributed by atoms with Crippen molar-refractivity contribution in [2.75, 3.05) is 5.32 Å². The quantitative estimate of drug-likeness (QED) is 0.881. The van der Waals surface area contributed by atoms with Crippen LogP contribution in [0, 0.1) is 6.92 Å². The molecule has 0 aliphatic rings. The van der Waals surface area contributed by atoms with Gasteiger partial charge in [-0.15, -0.1) is 0 Å². The molecule has 19 heavy (non-hydrogen) atoms. The average molecular weight is 256 g/mol. The molecule has 0 radical (unpaired) electrons. The van der Waals surface area contributed by atoms with Crippen LogP contribution in [0.4, 0.5) is 5.69 Å². The molecular weight excluding hydrogens is 240 g/mol. The molecule has 2 aromatic rings. The lowest BCUT2D eigenvalue weighted by Gasteiger charge is -2.18. The smallest absolute Gasteiger partial charge is 0.356 e. The van der Waals surface area contributed by atoms with E-state index < -0.39 is 5.97 Å². The van der Waals surface area contributed by atoms with Crippen LogP contribution in [-0.2, 0) is 0 Å². The van der Waals surface area contributed by atoms with Gasteiger partial charge in [0.25, 0.3) is 0 Å². The monoisotopic (exact) mass is 256 g/mol. The molecule has 0 saturated carbocycles. The van der Waals surface area contributed by atoms with E-state index >= 15 is 0 Å². The summed E-state index contributed by atoms with van der Waals surface area (Å²) in [5.74, 6) is -1.03. The highest BCUT2D eigenvalue weighted by atomic mass is 16.4. The van der Waals surface area contributed by atoms with Gasteiger partial charge < -0.3 is 10.4 Å².